The van der Waals surface area contributed by atoms with Gasteiger partial charge in [0.05, 0.1) is 5.60 Å². The Kier molecular flexibility index (Phi) is 5.36. The summed E-state index contributed by atoms with van der Waals surface area (Å²) in [7, 11) is 2.13. The molecule has 1 amide bonds. The third-order valence-corrected chi connectivity index (χ3v) is 4.97. The van der Waals surface area contributed by atoms with Crippen molar-refractivity contribution < 1.29 is 9.53 Å². The van der Waals surface area contributed by atoms with Crippen LogP contribution in [0.2, 0.25) is 0 Å². The minimum atomic E-state index is -0.247. The van der Waals surface area contributed by atoms with E-state index in [0.717, 1.165) is 57.9 Å². The number of likely N-dealkylation sites (N-methyl/N-ethyl adjacent to an activating group) is 1. The van der Waals surface area contributed by atoms with Gasteiger partial charge < -0.3 is 19.9 Å². The van der Waals surface area contributed by atoms with Crippen molar-refractivity contribution in [3.05, 3.63) is 23.9 Å². The Balaban J connectivity index is 1.59. The summed E-state index contributed by atoms with van der Waals surface area (Å²) in [6, 6.07) is 5.67. The van der Waals surface area contributed by atoms with Crippen molar-refractivity contribution in [2.45, 2.75) is 31.8 Å². The van der Waals surface area contributed by atoms with E-state index in [0.29, 0.717) is 12.2 Å². The molecule has 2 aliphatic rings. The van der Waals surface area contributed by atoms with Gasteiger partial charge >= 0.3 is 0 Å². The lowest BCUT2D eigenvalue weighted by Gasteiger charge is -2.34. The highest BCUT2D eigenvalue weighted by molar-refractivity contribution is 5.92. The first-order chi connectivity index (χ1) is 11.6. The molecular weight excluding hydrogens is 304 g/mol. The number of pyridine rings is 1. The predicted molar refractivity (Wildman–Crippen MR) is 94.5 cm³/mol. The molecular formula is C18H28N4O2. The summed E-state index contributed by atoms with van der Waals surface area (Å²) in [5.41, 5.74) is 0.231. The van der Waals surface area contributed by atoms with Crippen LogP contribution >= 0.6 is 0 Å². The van der Waals surface area contributed by atoms with Gasteiger partial charge in [0.2, 0.25) is 0 Å². The summed E-state index contributed by atoms with van der Waals surface area (Å²) < 4.78 is 5.83. The number of nitrogens with one attached hydrogen (secondary N) is 1. The monoisotopic (exact) mass is 332 g/mol. The van der Waals surface area contributed by atoms with Crippen LogP contribution in [0, 0.1) is 0 Å². The molecule has 1 N–H and O–H groups in total. The van der Waals surface area contributed by atoms with Gasteiger partial charge in [-0.25, -0.2) is 4.98 Å². The highest BCUT2D eigenvalue weighted by Gasteiger charge is 2.28. The molecule has 1 aromatic rings. The topological polar surface area (TPSA) is 57.7 Å². The van der Waals surface area contributed by atoms with Crippen molar-refractivity contribution in [3.8, 4) is 0 Å². The van der Waals surface area contributed by atoms with Crippen molar-refractivity contribution in [2.24, 2.45) is 0 Å². The van der Waals surface area contributed by atoms with Gasteiger partial charge in [-0.2, -0.15) is 0 Å². The number of ether oxygens (including phenoxy) is 1. The van der Waals surface area contributed by atoms with Gasteiger partial charge in [0.1, 0.15) is 11.5 Å². The Morgan fingerprint density at radius 2 is 2.08 bits per heavy atom. The Bertz CT molecular complexity index is 564. The molecule has 6 nitrogen and oxygen atoms in total. The Labute approximate surface area is 144 Å². The van der Waals surface area contributed by atoms with E-state index in [-0.39, 0.29) is 11.5 Å². The zero-order valence-electron chi connectivity index (χ0n) is 14.8. The lowest BCUT2D eigenvalue weighted by Crippen LogP contribution is -2.45. The molecule has 0 aliphatic carbocycles. The summed E-state index contributed by atoms with van der Waals surface area (Å²) in [6.07, 6.45) is 3.25. The SMILES string of the molecule is CN1CCN(c2cccc(C(=O)NCC3(C)CCCCO3)n2)CC1. The smallest absolute Gasteiger partial charge is 0.270 e. The van der Waals surface area contributed by atoms with E-state index in [4.69, 9.17) is 4.74 Å². The molecule has 1 unspecified atom stereocenters. The number of carbonyl (C=O) groups excluding carboxylic acids is 1. The van der Waals surface area contributed by atoms with E-state index in [2.05, 4.69) is 34.1 Å². The number of piperazine rings is 1. The average Bonchev–Trinajstić information content (AvgIpc) is 2.61. The maximum atomic E-state index is 12.5. The summed E-state index contributed by atoms with van der Waals surface area (Å²) in [6.45, 7) is 7.32. The van der Waals surface area contributed by atoms with Crippen LogP contribution in [0.3, 0.4) is 0 Å². The summed E-state index contributed by atoms with van der Waals surface area (Å²) in [4.78, 5) is 21.6. The highest BCUT2D eigenvalue weighted by atomic mass is 16.5. The third-order valence-electron chi connectivity index (χ3n) is 4.97. The van der Waals surface area contributed by atoms with E-state index in [9.17, 15) is 4.79 Å². The van der Waals surface area contributed by atoms with E-state index in [1.807, 2.05) is 12.1 Å². The normalized spacial score (nSPS) is 25.5. The molecule has 0 spiro atoms. The van der Waals surface area contributed by atoms with E-state index in [1.165, 1.54) is 0 Å². The number of nitrogens with zero attached hydrogens (tertiary/aromatic N) is 3. The second kappa shape index (κ2) is 7.49. The quantitative estimate of drug-likeness (QED) is 0.906. The van der Waals surface area contributed by atoms with Crippen LogP contribution in [0.15, 0.2) is 18.2 Å². The Morgan fingerprint density at radius 1 is 1.29 bits per heavy atom. The first-order valence-corrected chi connectivity index (χ1v) is 8.88. The second-order valence-corrected chi connectivity index (χ2v) is 7.11. The van der Waals surface area contributed by atoms with Gasteiger partial charge in [0.25, 0.3) is 5.91 Å². The van der Waals surface area contributed by atoms with Gasteiger partial charge in [-0.05, 0) is 45.4 Å². The van der Waals surface area contributed by atoms with Crippen molar-refractivity contribution >= 4 is 11.7 Å². The molecule has 6 heteroatoms. The number of hydrogen-bond donors (Lipinski definition) is 1. The fourth-order valence-electron chi connectivity index (χ4n) is 3.25. The summed E-state index contributed by atoms with van der Waals surface area (Å²) in [5, 5.41) is 2.99. The van der Waals surface area contributed by atoms with Crippen molar-refractivity contribution in [3.63, 3.8) is 0 Å². The molecule has 0 saturated carbocycles. The van der Waals surface area contributed by atoms with E-state index in [1.54, 1.807) is 6.07 Å². The molecule has 0 radical (unpaired) electrons. The maximum absolute atomic E-state index is 12.5. The molecule has 0 bridgehead atoms. The molecule has 2 fully saturated rings. The molecule has 1 atom stereocenters. The molecule has 2 aliphatic heterocycles. The van der Waals surface area contributed by atoms with Crippen molar-refractivity contribution in [1.82, 2.24) is 15.2 Å². The van der Waals surface area contributed by atoms with E-state index < -0.39 is 0 Å². The minimum Gasteiger partial charge on any atom is -0.373 e. The first kappa shape index (κ1) is 17.2. The van der Waals surface area contributed by atoms with Gasteiger partial charge in [0, 0.05) is 39.3 Å². The van der Waals surface area contributed by atoms with Crippen LogP contribution in [0.25, 0.3) is 0 Å². The van der Waals surface area contributed by atoms with Crippen LogP contribution in [0.1, 0.15) is 36.7 Å². The number of anilines is 1. The lowest BCUT2D eigenvalue weighted by atomic mass is 9.96. The second-order valence-electron chi connectivity index (χ2n) is 7.11. The Morgan fingerprint density at radius 3 is 2.79 bits per heavy atom. The van der Waals surface area contributed by atoms with Crippen LogP contribution in [-0.2, 0) is 4.74 Å². The van der Waals surface area contributed by atoms with Gasteiger partial charge in [-0.15, -0.1) is 0 Å². The van der Waals surface area contributed by atoms with Crippen LogP contribution in [-0.4, -0.2) is 67.8 Å². The number of hydrogen-bond acceptors (Lipinski definition) is 5. The standard InChI is InChI=1S/C18H28N4O2/c1-18(8-3-4-13-24-18)14-19-17(23)15-6-5-7-16(20-15)22-11-9-21(2)10-12-22/h5-7H,3-4,8-14H2,1-2H3,(H,19,23). The van der Waals surface area contributed by atoms with Crippen LogP contribution < -0.4 is 10.2 Å². The molecule has 3 heterocycles. The van der Waals surface area contributed by atoms with E-state index >= 15 is 0 Å². The first-order valence-electron chi connectivity index (χ1n) is 8.88. The fraction of sp³-hybridized carbons (Fsp3) is 0.667. The Hall–Kier alpha value is -1.66. The molecule has 2 saturated heterocycles. The van der Waals surface area contributed by atoms with Crippen LogP contribution in [0.4, 0.5) is 5.82 Å². The molecule has 3 rings (SSSR count). The molecule has 24 heavy (non-hydrogen) atoms. The number of carbonyl (C=O) groups is 1. The van der Waals surface area contributed by atoms with Gasteiger partial charge in [0.15, 0.2) is 0 Å². The largest absolute Gasteiger partial charge is 0.373 e. The predicted octanol–water partition coefficient (Wildman–Crippen LogP) is 1.52. The zero-order valence-corrected chi connectivity index (χ0v) is 14.8. The molecule has 132 valence electrons. The van der Waals surface area contributed by atoms with Gasteiger partial charge in [-0.1, -0.05) is 6.07 Å². The summed E-state index contributed by atoms with van der Waals surface area (Å²) >= 11 is 0. The number of aromatic nitrogens is 1. The fourth-order valence-corrected chi connectivity index (χ4v) is 3.25. The lowest BCUT2D eigenvalue weighted by molar-refractivity contribution is -0.0619. The van der Waals surface area contributed by atoms with Crippen molar-refractivity contribution in [1.29, 1.82) is 0 Å². The average molecular weight is 332 g/mol. The number of amides is 1. The van der Waals surface area contributed by atoms with Crippen molar-refractivity contribution in [2.75, 3.05) is 51.3 Å². The summed E-state index contributed by atoms with van der Waals surface area (Å²) in [5.74, 6) is 0.761. The minimum absolute atomic E-state index is 0.124. The maximum Gasteiger partial charge on any atom is 0.270 e. The van der Waals surface area contributed by atoms with Gasteiger partial charge in [-0.3, -0.25) is 4.79 Å². The molecule has 1 aromatic heterocycles. The third kappa shape index (κ3) is 4.24. The number of rotatable bonds is 4. The zero-order chi connectivity index (χ0) is 17.0. The highest BCUT2D eigenvalue weighted by Crippen LogP contribution is 2.23. The van der Waals surface area contributed by atoms with Crippen LogP contribution in [0.5, 0.6) is 0 Å². The molecule has 0 aromatic carbocycles.